The number of nitro groups is 1. The van der Waals surface area contributed by atoms with E-state index in [0.29, 0.717) is 19.1 Å². The molecule has 172 valence electrons. The van der Waals surface area contributed by atoms with Crippen LogP contribution in [0.4, 0.5) is 5.69 Å². The number of hydrogen-bond acceptors (Lipinski definition) is 8. The Hall–Kier alpha value is -2.94. The van der Waals surface area contributed by atoms with Gasteiger partial charge in [-0.05, 0) is 50.6 Å². The lowest BCUT2D eigenvalue weighted by Gasteiger charge is -2.27. The normalized spacial score (nSPS) is 16.5. The number of esters is 1. The van der Waals surface area contributed by atoms with Gasteiger partial charge in [-0.25, -0.2) is 4.57 Å². The zero-order valence-electron chi connectivity index (χ0n) is 17.9. The van der Waals surface area contributed by atoms with Crippen LogP contribution in [0.25, 0.3) is 0 Å². The molecule has 2 atom stereocenters. The maximum Gasteiger partial charge on any atom is 0.513 e. The van der Waals surface area contributed by atoms with Gasteiger partial charge in [-0.1, -0.05) is 12.1 Å². The summed E-state index contributed by atoms with van der Waals surface area (Å²) >= 11 is 0. The Kier molecular flexibility index (Phi) is 7.50. The van der Waals surface area contributed by atoms with E-state index in [0.717, 1.165) is 5.56 Å². The lowest BCUT2D eigenvalue weighted by Crippen LogP contribution is -2.36. The Bertz CT molecular complexity index is 990. The highest BCUT2D eigenvalue weighted by Crippen LogP contribution is 2.46. The number of nitrogens with zero attached hydrogens (tertiary/aromatic N) is 1. The van der Waals surface area contributed by atoms with Crippen LogP contribution >= 0.6 is 7.75 Å². The standard InChI is InChI=1S/C21H25N2O8P/c1-14(2)29-21(24)15(3)22-32(27,31-20-10-6-18(7-11-20)23(25)26)30-19-8-4-16(5-9-19)17-12-28-13-17/h4-11,14-15,17H,12-13H2,1-3H3,(H,22,27)/t15-,32?/m0/s1. The molecule has 1 saturated heterocycles. The predicted octanol–water partition coefficient (Wildman–Crippen LogP) is 4.20. The van der Waals surface area contributed by atoms with Crippen molar-refractivity contribution in [1.82, 2.24) is 5.09 Å². The van der Waals surface area contributed by atoms with Crippen molar-refractivity contribution in [1.29, 1.82) is 0 Å². The van der Waals surface area contributed by atoms with Crippen LogP contribution in [0, 0.1) is 10.1 Å². The molecule has 0 aromatic heterocycles. The highest BCUT2D eigenvalue weighted by atomic mass is 31.2. The molecule has 0 saturated carbocycles. The Morgan fingerprint density at radius 1 is 1.06 bits per heavy atom. The molecule has 1 aliphatic heterocycles. The van der Waals surface area contributed by atoms with Crippen molar-refractivity contribution in [3.63, 3.8) is 0 Å². The molecule has 1 heterocycles. The first-order valence-electron chi connectivity index (χ1n) is 10.0. The van der Waals surface area contributed by atoms with Crippen LogP contribution in [0.2, 0.25) is 0 Å². The summed E-state index contributed by atoms with van der Waals surface area (Å²) in [6.45, 7) is 6.17. The molecule has 1 N–H and O–H groups in total. The quantitative estimate of drug-likeness (QED) is 0.238. The second-order valence-corrected chi connectivity index (χ2v) is 9.19. The van der Waals surface area contributed by atoms with Gasteiger partial charge < -0.3 is 18.5 Å². The molecule has 0 amide bonds. The maximum atomic E-state index is 13.5. The molecule has 1 fully saturated rings. The van der Waals surface area contributed by atoms with E-state index >= 15 is 0 Å². The first kappa shape index (κ1) is 23.7. The number of hydrogen-bond donors (Lipinski definition) is 1. The SMILES string of the molecule is CC(C)OC(=O)[C@H](C)NP(=O)(Oc1ccc(C2COC2)cc1)Oc1ccc([N+](=O)[O-])cc1. The van der Waals surface area contributed by atoms with Crippen LogP contribution in [-0.4, -0.2) is 36.3 Å². The van der Waals surface area contributed by atoms with Gasteiger partial charge in [0.05, 0.1) is 24.2 Å². The summed E-state index contributed by atoms with van der Waals surface area (Å²) in [6.07, 6.45) is -0.356. The number of carbonyl (C=O) groups excluding carboxylic acids is 1. The Morgan fingerprint density at radius 3 is 2.03 bits per heavy atom. The largest absolute Gasteiger partial charge is 0.513 e. The van der Waals surface area contributed by atoms with Crippen molar-refractivity contribution in [3.05, 3.63) is 64.2 Å². The second kappa shape index (κ2) is 10.1. The van der Waals surface area contributed by atoms with Crippen molar-refractivity contribution in [3.8, 4) is 11.5 Å². The molecule has 0 radical (unpaired) electrons. The first-order valence-corrected chi connectivity index (χ1v) is 11.6. The molecule has 1 unspecified atom stereocenters. The maximum absolute atomic E-state index is 13.5. The number of benzene rings is 2. The molecule has 10 nitrogen and oxygen atoms in total. The molecule has 2 aromatic rings. The summed E-state index contributed by atoms with van der Waals surface area (Å²) in [7, 11) is -4.13. The van der Waals surface area contributed by atoms with E-state index in [4.69, 9.17) is 18.5 Å². The summed E-state index contributed by atoms with van der Waals surface area (Å²) in [4.78, 5) is 22.5. The third-order valence-electron chi connectivity index (χ3n) is 4.55. The van der Waals surface area contributed by atoms with Crippen LogP contribution in [0.1, 0.15) is 32.3 Å². The lowest BCUT2D eigenvalue weighted by molar-refractivity contribution is -0.384. The van der Waals surface area contributed by atoms with E-state index in [9.17, 15) is 19.5 Å². The first-order chi connectivity index (χ1) is 15.1. The number of nitro benzene ring substituents is 1. The summed E-state index contributed by atoms with van der Waals surface area (Å²) < 4.78 is 35.1. The lowest BCUT2D eigenvalue weighted by atomic mass is 9.98. The van der Waals surface area contributed by atoms with Crippen molar-refractivity contribution < 1.29 is 32.8 Å². The van der Waals surface area contributed by atoms with Gasteiger partial charge in [0.25, 0.3) is 5.69 Å². The van der Waals surface area contributed by atoms with Gasteiger partial charge in [0.2, 0.25) is 0 Å². The number of non-ortho nitro benzene ring substituents is 1. The molecule has 3 rings (SSSR count). The number of nitrogens with one attached hydrogen (secondary N) is 1. The number of rotatable bonds is 10. The fourth-order valence-corrected chi connectivity index (χ4v) is 4.35. The molecule has 11 heteroatoms. The van der Waals surface area contributed by atoms with Crippen LogP contribution in [0.15, 0.2) is 48.5 Å². The monoisotopic (exact) mass is 464 g/mol. The van der Waals surface area contributed by atoms with Gasteiger partial charge in [-0.15, -0.1) is 0 Å². The third-order valence-corrected chi connectivity index (χ3v) is 6.15. The average molecular weight is 464 g/mol. The molecular weight excluding hydrogens is 439 g/mol. The van der Waals surface area contributed by atoms with Gasteiger partial charge in [0, 0.05) is 18.1 Å². The van der Waals surface area contributed by atoms with Crippen LogP contribution in [0.3, 0.4) is 0 Å². The van der Waals surface area contributed by atoms with Crippen molar-refractivity contribution in [2.45, 2.75) is 38.8 Å². The fraction of sp³-hybridized carbons (Fsp3) is 0.381. The molecule has 0 aliphatic carbocycles. The topological polar surface area (TPSA) is 126 Å². The van der Waals surface area contributed by atoms with Crippen LogP contribution < -0.4 is 14.1 Å². The minimum absolute atomic E-state index is 0.0686. The summed E-state index contributed by atoms with van der Waals surface area (Å²) in [5.74, 6) is 0.0166. The van der Waals surface area contributed by atoms with Crippen molar-refractivity contribution in [2.75, 3.05) is 13.2 Å². The average Bonchev–Trinajstić information content (AvgIpc) is 2.67. The van der Waals surface area contributed by atoms with Gasteiger partial charge in [-0.2, -0.15) is 5.09 Å². The van der Waals surface area contributed by atoms with E-state index < -0.39 is 24.7 Å². The Balaban J connectivity index is 1.79. The Morgan fingerprint density at radius 2 is 1.59 bits per heavy atom. The molecule has 0 bridgehead atoms. The van der Waals surface area contributed by atoms with Gasteiger partial charge >= 0.3 is 13.7 Å². The van der Waals surface area contributed by atoms with E-state index in [-0.39, 0.29) is 23.3 Å². The van der Waals surface area contributed by atoms with Crippen LogP contribution in [-0.2, 0) is 18.8 Å². The highest BCUT2D eigenvalue weighted by molar-refractivity contribution is 7.52. The molecule has 0 spiro atoms. The smallest absolute Gasteiger partial charge is 0.462 e. The van der Waals surface area contributed by atoms with E-state index in [1.165, 1.54) is 31.2 Å². The number of carbonyl (C=O) groups is 1. The minimum atomic E-state index is -4.13. The zero-order chi connectivity index (χ0) is 23.3. The Labute approximate surface area is 185 Å². The van der Waals surface area contributed by atoms with Gasteiger partial charge in [0.15, 0.2) is 0 Å². The van der Waals surface area contributed by atoms with E-state index in [1.54, 1.807) is 26.0 Å². The van der Waals surface area contributed by atoms with E-state index in [1.807, 2.05) is 12.1 Å². The predicted molar refractivity (Wildman–Crippen MR) is 116 cm³/mol. The zero-order valence-corrected chi connectivity index (χ0v) is 18.8. The third kappa shape index (κ3) is 6.29. The summed E-state index contributed by atoms with van der Waals surface area (Å²) in [5.41, 5.74) is 0.919. The summed E-state index contributed by atoms with van der Waals surface area (Å²) in [6, 6.07) is 11.0. The molecule has 32 heavy (non-hydrogen) atoms. The second-order valence-electron chi connectivity index (χ2n) is 7.57. The molecule has 2 aromatic carbocycles. The molecule has 1 aliphatic rings. The van der Waals surface area contributed by atoms with E-state index in [2.05, 4.69) is 5.09 Å². The van der Waals surface area contributed by atoms with Gasteiger partial charge in [-0.3, -0.25) is 14.9 Å². The van der Waals surface area contributed by atoms with Crippen molar-refractivity contribution >= 4 is 19.4 Å². The van der Waals surface area contributed by atoms with Crippen LogP contribution in [0.5, 0.6) is 11.5 Å². The highest BCUT2D eigenvalue weighted by Gasteiger charge is 2.34. The fourth-order valence-electron chi connectivity index (χ4n) is 2.83. The minimum Gasteiger partial charge on any atom is -0.462 e. The van der Waals surface area contributed by atoms with Crippen molar-refractivity contribution in [2.24, 2.45) is 0 Å². The van der Waals surface area contributed by atoms with Gasteiger partial charge in [0.1, 0.15) is 17.5 Å². The molecular formula is C21H25N2O8P. The number of ether oxygens (including phenoxy) is 2. The summed E-state index contributed by atoms with van der Waals surface area (Å²) in [5, 5.41) is 13.4.